The van der Waals surface area contributed by atoms with Crippen molar-refractivity contribution in [3.8, 4) is 0 Å². The van der Waals surface area contributed by atoms with Gasteiger partial charge in [0.2, 0.25) is 0 Å². The van der Waals surface area contributed by atoms with Crippen molar-refractivity contribution >= 4 is 17.7 Å². The van der Waals surface area contributed by atoms with Crippen LogP contribution in [0.25, 0.3) is 0 Å². The van der Waals surface area contributed by atoms with E-state index in [1.54, 1.807) is 0 Å². The third-order valence-electron chi connectivity index (χ3n) is 3.62. The van der Waals surface area contributed by atoms with Gasteiger partial charge < -0.3 is 10.6 Å². The van der Waals surface area contributed by atoms with Crippen LogP contribution in [0.2, 0.25) is 0 Å². The number of benzene rings is 1. The lowest BCUT2D eigenvalue weighted by molar-refractivity contribution is 0.456. The highest BCUT2D eigenvalue weighted by Gasteiger charge is 2.11. The Balaban J connectivity index is 1.91. The zero-order chi connectivity index (χ0) is 13.7. The van der Waals surface area contributed by atoms with Gasteiger partial charge in [0.05, 0.1) is 0 Å². The van der Waals surface area contributed by atoms with Crippen LogP contribution < -0.4 is 5.73 Å². The molecule has 3 nitrogen and oxygen atoms in total. The molecule has 0 spiro atoms. The van der Waals surface area contributed by atoms with Crippen LogP contribution in [-0.4, -0.2) is 42.0 Å². The van der Waals surface area contributed by atoms with E-state index in [1.807, 2.05) is 11.8 Å². The van der Waals surface area contributed by atoms with Gasteiger partial charge >= 0.3 is 0 Å². The molecule has 1 aromatic rings. The number of nitrogens with two attached hydrogens (primary N) is 1. The summed E-state index contributed by atoms with van der Waals surface area (Å²) in [5.41, 5.74) is 10.2. The molecule has 2 N–H and O–H groups in total. The van der Waals surface area contributed by atoms with Crippen LogP contribution in [0.4, 0.5) is 0 Å². The minimum Gasteiger partial charge on any atom is -0.370 e. The van der Waals surface area contributed by atoms with Crippen molar-refractivity contribution in [2.24, 2.45) is 10.7 Å². The Kier molecular flexibility index (Phi) is 5.14. The number of thioether (sulfide) groups is 1. The summed E-state index contributed by atoms with van der Waals surface area (Å²) in [6.45, 7) is 7.17. The third kappa shape index (κ3) is 3.90. The third-order valence-corrected chi connectivity index (χ3v) is 4.56. The maximum atomic E-state index is 6.06. The first-order chi connectivity index (χ1) is 9.18. The zero-order valence-electron chi connectivity index (χ0n) is 11.9. The number of nitrogens with zero attached hydrogens (tertiary/aromatic N) is 2. The molecule has 4 heteroatoms. The molecule has 0 bridgehead atoms. The summed E-state index contributed by atoms with van der Waals surface area (Å²) in [5, 5.41) is 0. The minimum atomic E-state index is 0.714. The van der Waals surface area contributed by atoms with Gasteiger partial charge in [0.25, 0.3) is 0 Å². The van der Waals surface area contributed by atoms with Crippen LogP contribution in [-0.2, 0) is 6.42 Å². The van der Waals surface area contributed by atoms with Crippen molar-refractivity contribution in [1.29, 1.82) is 0 Å². The predicted molar refractivity (Wildman–Crippen MR) is 85.0 cm³/mol. The second-order valence-corrected chi connectivity index (χ2v) is 6.18. The van der Waals surface area contributed by atoms with Gasteiger partial charge in [0.15, 0.2) is 5.96 Å². The first kappa shape index (κ1) is 14.3. The van der Waals surface area contributed by atoms with Gasteiger partial charge in [-0.25, -0.2) is 0 Å². The number of aryl methyl sites for hydroxylation is 2. The van der Waals surface area contributed by atoms with E-state index in [4.69, 9.17) is 5.73 Å². The Hall–Kier alpha value is -1.16. The van der Waals surface area contributed by atoms with Gasteiger partial charge in [-0.2, -0.15) is 11.8 Å². The molecule has 1 heterocycles. The molecule has 0 saturated carbocycles. The van der Waals surface area contributed by atoms with E-state index in [-0.39, 0.29) is 0 Å². The van der Waals surface area contributed by atoms with Crippen molar-refractivity contribution in [2.45, 2.75) is 20.3 Å². The van der Waals surface area contributed by atoms with E-state index < -0.39 is 0 Å². The van der Waals surface area contributed by atoms with Crippen LogP contribution in [0, 0.1) is 13.8 Å². The number of rotatable bonds is 3. The van der Waals surface area contributed by atoms with Crippen molar-refractivity contribution in [3.63, 3.8) is 0 Å². The number of aliphatic imine (C=N–C) groups is 1. The molecule has 1 aliphatic rings. The summed E-state index contributed by atoms with van der Waals surface area (Å²) in [5.74, 6) is 3.03. The number of guanidine groups is 1. The fraction of sp³-hybridized carbons (Fsp3) is 0.533. The van der Waals surface area contributed by atoms with Crippen LogP contribution in [0.15, 0.2) is 23.2 Å². The highest BCUT2D eigenvalue weighted by atomic mass is 32.2. The molecule has 1 fully saturated rings. The Labute approximate surface area is 120 Å². The molecule has 19 heavy (non-hydrogen) atoms. The number of hydrogen-bond acceptors (Lipinski definition) is 2. The lowest BCUT2D eigenvalue weighted by atomic mass is 10.0. The summed E-state index contributed by atoms with van der Waals surface area (Å²) in [6, 6.07) is 6.44. The second-order valence-electron chi connectivity index (χ2n) is 4.96. The van der Waals surface area contributed by atoms with Gasteiger partial charge in [0, 0.05) is 31.1 Å². The smallest absolute Gasteiger partial charge is 0.191 e. The highest BCUT2D eigenvalue weighted by Crippen LogP contribution is 2.14. The van der Waals surface area contributed by atoms with Gasteiger partial charge in [-0.3, -0.25) is 4.99 Å². The highest BCUT2D eigenvalue weighted by molar-refractivity contribution is 7.99. The Morgan fingerprint density at radius 1 is 1.26 bits per heavy atom. The molecule has 0 radical (unpaired) electrons. The Bertz CT molecular complexity index is 430. The normalized spacial score (nSPS) is 16.7. The van der Waals surface area contributed by atoms with Gasteiger partial charge in [-0.15, -0.1) is 0 Å². The topological polar surface area (TPSA) is 41.6 Å². The molecule has 1 aromatic carbocycles. The monoisotopic (exact) mass is 277 g/mol. The fourth-order valence-corrected chi connectivity index (χ4v) is 3.32. The molecular weight excluding hydrogens is 254 g/mol. The standard InChI is InChI=1S/C15H23N3S/c1-12-4-3-5-13(2)14(12)6-7-17-15(16)18-8-10-19-11-9-18/h3-5H,6-11H2,1-2H3,(H2,16,17). The first-order valence-electron chi connectivity index (χ1n) is 6.86. The Morgan fingerprint density at radius 2 is 1.89 bits per heavy atom. The van der Waals surface area contributed by atoms with Crippen LogP contribution in [0.3, 0.4) is 0 Å². The second kappa shape index (κ2) is 6.85. The summed E-state index contributed by atoms with van der Waals surface area (Å²) >= 11 is 1.99. The predicted octanol–water partition coefficient (Wildman–Crippen LogP) is 2.21. The molecule has 1 aliphatic heterocycles. The molecule has 0 aliphatic carbocycles. The zero-order valence-corrected chi connectivity index (χ0v) is 12.7. The maximum absolute atomic E-state index is 6.06. The fourth-order valence-electron chi connectivity index (χ4n) is 2.42. The molecule has 0 aromatic heterocycles. The average Bonchev–Trinajstić information content (AvgIpc) is 2.43. The lowest BCUT2D eigenvalue weighted by Gasteiger charge is -2.27. The van der Waals surface area contributed by atoms with E-state index in [2.05, 4.69) is 41.9 Å². The van der Waals surface area contributed by atoms with Crippen LogP contribution in [0.5, 0.6) is 0 Å². The van der Waals surface area contributed by atoms with Crippen molar-refractivity contribution in [2.75, 3.05) is 31.1 Å². The quantitative estimate of drug-likeness (QED) is 0.680. The average molecular weight is 277 g/mol. The van der Waals surface area contributed by atoms with Crippen molar-refractivity contribution in [1.82, 2.24) is 4.90 Å². The molecule has 104 valence electrons. The lowest BCUT2D eigenvalue weighted by Crippen LogP contribution is -2.42. The molecule has 0 amide bonds. The Morgan fingerprint density at radius 3 is 2.53 bits per heavy atom. The SMILES string of the molecule is Cc1cccc(C)c1CCN=C(N)N1CCSCC1. The van der Waals surface area contributed by atoms with Crippen LogP contribution in [0.1, 0.15) is 16.7 Å². The molecule has 0 atom stereocenters. The maximum Gasteiger partial charge on any atom is 0.191 e. The van der Waals surface area contributed by atoms with Gasteiger partial charge in [-0.05, 0) is 37.0 Å². The van der Waals surface area contributed by atoms with E-state index in [0.717, 1.165) is 37.6 Å². The van der Waals surface area contributed by atoms with Crippen molar-refractivity contribution in [3.05, 3.63) is 34.9 Å². The minimum absolute atomic E-state index is 0.714. The molecule has 0 unspecified atom stereocenters. The molecule has 1 saturated heterocycles. The van der Waals surface area contributed by atoms with E-state index in [0.29, 0.717) is 5.96 Å². The number of hydrogen-bond donors (Lipinski definition) is 1. The largest absolute Gasteiger partial charge is 0.370 e. The summed E-state index contributed by atoms with van der Waals surface area (Å²) in [6.07, 6.45) is 0.974. The van der Waals surface area contributed by atoms with E-state index >= 15 is 0 Å². The van der Waals surface area contributed by atoms with Gasteiger partial charge in [0.1, 0.15) is 0 Å². The molecular formula is C15H23N3S. The van der Waals surface area contributed by atoms with Crippen molar-refractivity contribution < 1.29 is 0 Å². The summed E-state index contributed by atoms with van der Waals surface area (Å²) < 4.78 is 0. The van der Waals surface area contributed by atoms with Gasteiger partial charge in [-0.1, -0.05) is 18.2 Å². The first-order valence-corrected chi connectivity index (χ1v) is 8.01. The van der Waals surface area contributed by atoms with E-state index in [1.165, 1.54) is 16.7 Å². The summed E-state index contributed by atoms with van der Waals surface area (Å²) in [7, 11) is 0. The summed E-state index contributed by atoms with van der Waals surface area (Å²) in [4.78, 5) is 6.73. The molecule has 2 rings (SSSR count). The van der Waals surface area contributed by atoms with Crippen LogP contribution >= 0.6 is 11.8 Å². The van der Waals surface area contributed by atoms with E-state index in [9.17, 15) is 0 Å².